The maximum Gasteiger partial charge on any atom is 0.407 e. The molecule has 2 aliphatic rings. The van der Waals surface area contributed by atoms with Crippen LogP contribution in [0.1, 0.15) is 66.0 Å². The Morgan fingerprint density at radius 3 is 2.55 bits per heavy atom. The molecule has 5 aromatic rings. The first-order chi connectivity index (χ1) is 26.7. The van der Waals surface area contributed by atoms with Gasteiger partial charge in [-0.05, 0) is 72.3 Å². The zero-order chi connectivity index (χ0) is 38.3. The summed E-state index contributed by atoms with van der Waals surface area (Å²) >= 11 is 0. The molecule has 0 saturated carbocycles. The van der Waals surface area contributed by atoms with Gasteiger partial charge in [-0.15, -0.1) is 0 Å². The number of amides is 2. The lowest BCUT2D eigenvalue weighted by molar-refractivity contribution is -0.111. The molecule has 284 valence electrons. The van der Waals surface area contributed by atoms with Crippen molar-refractivity contribution in [3.63, 3.8) is 0 Å². The highest BCUT2D eigenvalue weighted by Crippen LogP contribution is 2.37. The van der Waals surface area contributed by atoms with Crippen LogP contribution in [0.4, 0.5) is 22.4 Å². The second-order valence-corrected chi connectivity index (χ2v) is 14.7. The minimum absolute atomic E-state index is 0.00634. The average Bonchev–Trinajstić information content (AvgIpc) is 3.83. The number of hydrogen-bond acceptors (Lipinski definition) is 9. The molecule has 12 nitrogen and oxygen atoms in total. The smallest absolute Gasteiger partial charge is 0.407 e. The van der Waals surface area contributed by atoms with Crippen LogP contribution in [0.2, 0.25) is 0 Å². The Balaban J connectivity index is 1.04. The van der Waals surface area contributed by atoms with Gasteiger partial charge in [-0.1, -0.05) is 92.7 Å². The number of hydrogen-bond donors (Lipinski definition) is 3. The van der Waals surface area contributed by atoms with E-state index in [2.05, 4.69) is 71.1 Å². The molecule has 1 aliphatic heterocycles. The van der Waals surface area contributed by atoms with Gasteiger partial charge in [0.25, 0.3) is 0 Å². The Bertz CT molecular complexity index is 2200. The molecular weight excluding hydrogens is 691 g/mol. The van der Waals surface area contributed by atoms with E-state index in [0.717, 1.165) is 57.6 Å². The van der Waals surface area contributed by atoms with Crippen molar-refractivity contribution in [2.45, 2.75) is 58.2 Å². The molecule has 1 aliphatic carbocycles. The van der Waals surface area contributed by atoms with E-state index in [0.29, 0.717) is 44.5 Å². The Morgan fingerprint density at radius 2 is 1.76 bits per heavy atom. The van der Waals surface area contributed by atoms with Crippen molar-refractivity contribution >= 4 is 46.9 Å². The largest absolute Gasteiger partial charge is 0.445 e. The molecule has 0 bridgehead atoms. The van der Waals surface area contributed by atoms with Gasteiger partial charge < -0.3 is 30.5 Å². The van der Waals surface area contributed by atoms with Gasteiger partial charge in [0.05, 0.1) is 6.20 Å². The van der Waals surface area contributed by atoms with Gasteiger partial charge >= 0.3 is 6.09 Å². The Morgan fingerprint density at radius 1 is 0.982 bits per heavy atom. The summed E-state index contributed by atoms with van der Waals surface area (Å²) in [4.78, 5) is 39.5. The van der Waals surface area contributed by atoms with Gasteiger partial charge in [0.2, 0.25) is 17.8 Å². The lowest BCUT2D eigenvalue weighted by Crippen LogP contribution is -2.45. The van der Waals surface area contributed by atoms with E-state index in [4.69, 9.17) is 19.8 Å². The van der Waals surface area contributed by atoms with E-state index < -0.39 is 6.09 Å². The van der Waals surface area contributed by atoms with Crippen LogP contribution in [-0.2, 0) is 29.1 Å². The van der Waals surface area contributed by atoms with Crippen molar-refractivity contribution in [1.29, 1.82) is 0 Å². The van der Waals surface area contributed by atoms with Crippen LogP contribution < -0.4 is 20.9 Å². The van der Waals surface area contributed by atoms with Crippen molar-refractivity contribution < 1.29 is 14.3 Å². The Kier molecular flexibility index (Phi) is 11.5. The zero-order valence-electron chi connectivity index (χ0n) is 32.0. The summed E-state index contributed by atoms with van der Waals surface area (Å²) in [5.74, 6) is 1.34. The fourth-order valence-corrected chi connectivity index (χ4v) is 7.07. The van der Waals surface area contributed by atoms with Gasteiger partial charge in [-0.2, -0.15) is 19.6 Å². The van der Waals surface area contributed by atoms with Crippen molar-refractivity contribution in [2.75, 3.05) is 49.3 Å². The summed E-state index contributed by atoms with van der Waals surface area (Å²) in [7, 11) is 3.94. The first-order valence-corrected chi connectivity index (χ1v) is 19.0. The third kappa shape index (κ3) is 9.04. The highest BCUT2D eigenvalue weighted by atomic mass is 16.5. The molecule has 3 N–H and O–H groups in total. The number of ether oxygens (including phenoxy) is 1. The molecule has 0 unspecified atom stereocenters. The standard InChI is InChI=1S/C43H49N9O3/c1-29(2)37-27-45-52-40(37)48-42(51-22-19-34(20-23-51)46-43(54)55-28-30-12-6-5-7-13-30)49-41(52)44-26-32-14-8-9-16-35(32)33-24-31-15-10-17-38(36(31)25-33)47-39(53)18-11-21-50(3)4/h5-18,24,27,29,34H,19-23,25-26,28H2,1-4H3,(H,46,54)(H,47,53)(H,44,48,49)/b18-11+. The van der Waals surface area contributed by atoms with Gasteiger partial charge in [0.1, 0.15) is 6.61 Å². The predicted octanol–water partition coefficient (Wildman–Crippen LogP) is 6.91. The van der Waals surface area contributed by atoms with Crippen LogP contribution in [-0.4, -0.2) is 76.3 Å². The lowest BCUT2D eigenvalue weighted by atomic mass is 9.97. The average molecular weight is 740 g/mol. The molecule has 3 heterocycles. The maximum absolute atomic E-state index is 12.7. The Hall–Kier alpha value is -6.01. The predicted molar refractivity (Wildman–Crippen MR) is 218 cm³/mol. The number of carbonyl (C=O) groups is 2. The van der Waals surface area contributed by atoms with Gasteiger partial charge in [0.15, 0.2) is 5.65 Å². The van der Waals surface area contributed by atoms with Gasteiger partial charge in [-0.3, -0.25) is 4.79 Å². The van der Waals surface area contributed by atoms with Crippen molar-refractivity contribution in [2.24, 2.45) is 0 Å². The molecule has 7 rings (SSSR count). The summed E-state index contributed by atoms with van der Waals surface area (Å²) in [5.41, 5.74) is 9.28. The minimum Gasteiger partial charge on any atom is -0.445 e. The lowest BCUT2D eigenvalue weighted by Gasteiger charge is -2.32. The second kappa shape index (κ2) is 17.0. The number of likely N-dealkylation sites (N-methyl/N-ethyl adjacent to an activating group) is 1. The molecule has 2 amide bonds. The van der Waals surface area contributed by atoms with Gasteiger partial charge in [0, 0.05) is 56.0 Å². The van der Waals surface area contributed by atoms with E-state index in [9.17, 15) is 9.59 Å². The number of anilines is 3. The van der Waals surface area contributed by atoms with Gasteiger partial charge in [-0.25, -0.2) is 4.79 Å². The van der Waals surface area contributed by atoms with E-state index in [1.165, 1.54) is 5.57 Å². The number of nitrogens with zero attached hydrogens (tertiary/aromatic N) is 6. The summed E-state index contributed by atoms with van der Waals surface area (Å²) in [6.07, 6.45) is 9.35. The van der Waals surface area contributed by atoms with E-state index in [-0.39, 0.29) is 24.5 Å². The van der Waals surface area contributed by atoms with E-state index >= 15 is 0 Å². The number of allylic oxidation sites excluding steroid dienone is 1. The fraction of sp³-hybridized carbons (Fsp3) is 0.326. The minimum atomic E-state index is -0.402. The zero-order valence-corrected chi connectivity index (χ0v) is 32.0. The molecule has 3 aromatic carbocycles. The summed E-state index contributed by atoms with van der Waals surface area (Å²) in [5, 5.41) is 14.4. The van der Waals surface area contributed by atoms with Crippen LogP contribution in [0.15, 0.2) is 91.1 Å². The quantitative estimate of drug-likeness (QED) is 0.110. The fourth-order valence-electron chi connectivity index (χ4n) is 7.07. The highest BCUT2D eigenvalue weighted by molar-refractivity contribution is 6.01. The number of aromatic nitrogens is 4. The number of fused-ring (bicyclic) bond motifs is 2. The molecule has 0 spiro atoms. The van der Waals surface area contributed by atoms with Crippen LogP contribution in [0.5, 0.6) is 0 Å². The van der Waals surface area contributed by atoms with Crippen molar-refractivity contribution in [3.8, 4) is 0 Å². The van der Waals surface area contributed by atoms with Crippen LogP contribution in [0.3, 0.4) is 0 Å². The number of carbonyl (C=O) groups excluding carboxylic acids is 2. The number of rotatable bonds is 13. The summed E-state index contributed by atoms with van der Waals surface area (Å²) in [6.45, 7) is 7.12. The third-order valence-electron chi connectivity index (χ3n) is 10.0. The molecule has 55 heavy (non-hydrogen) atoms. The monoisotopic (exact) mass is 739 g/mol. The number of benzene rings is 3. The van der Waals surface area contributed by atoms with E-state index in [1.807, 2.05) is 73.7 Å². The molecule has 2 aromatic heterocycles. The molecule has 0 radical (unpaired) electrons. The van der Waals surface area contributed by atoms with Crippen LogP contribution >= 0.6 is 0 Å². The third-order valence-corrected chi connectivity index (χ3v) is 10.0. The van der Waals surface area contributed by atoms with Crippen molar-refractivity contribution in [1.82, 2.24) is 29.8 Å². The number of piperidine rings is 1. The molecular formula is C43H49N9O3. The number of alkyl carbamates (subject to hydrolysis) is 1. The van der Waals surface area contributed by atoms with Crippen LogP contribution in [0, 0.1) is 0 Å². The molecule has 1 fully saturated rings. The topological polar surface area (TPSA) is 129 Å². The molecule has 1 saturated heterocycles. The maximum atomic E-state index is 12.7. The first-order valence-electron chi connectivity index (χ1n) is 19.0. The second-order valence-electron chi connectivity index (χ2n) is 14.7. The highest BCUT2D eigenvalue weighted by Gasteiger charge is 2.26. The Labute approximate surface area is 322 Å². The SMILES string of the molecule is CC(C)c1cnn2c(NCc3ccccc3C3=Cc4cccc(NC(=O)/C=C/CN(C)C)c4C3)nc(N3CCC(NC(=O)OCc4ccccc4)CC3)nc12. The molecule has 12 heteroatoms. The van der Waals surface area contributed by atoms with E-state index in [1.54, 1.807) is 10.6 Å². The normalized spacial score (nSPS) is 14.4. The summed E-state index contributed by atoms with van der Waals surface area (Å²) < 4.78 is 7.26. The van der Waals surface area contributed by atoms with Crippen LogP contribution in [0.25, 0.3) is 17.3 Å². The molecule has 0 atom stereocenters. The first kappa shape index (κ1) is 37.3. The number of nitrogens with one attached hydrogen (secondary N) is 3. The summed E-state index contributed by atoms with van der Waals surface area (Å²) in [6, 6.07) is 24.1. The van der Waals surface area contributed by atoms with Crippen molar-refractivity contribution in [3.05, 3.63) is 125 Å².